The predicted octanol–water partition coefficient (Wildman–Crippen LogP) is 1.67. The molecule has 0 spiro atoms. The molecule has 1 rings (SSSR count). The molecule has 0 aliphatic heterocycles. The van der Waals surface area contributed by atoms with Gasteiger partial charge in [0.05, 0.1) is 5.69 Å². The van der Waals surface area contributed by atoms with Gasteiger partial charge in [0.1, 0.15) is 5.82 Å². The quantitative estimate of drug-likeness (QED) is 0.502. The van der Waals surface area contributed by atoms with Gasteiger partial charge in [0.15, 0.2) is 0 Å². The van der Waals surface area contributed by atoms with E-state index in [0.29, 0.717) is 5.69 Å². The first-order valence-electron chi connectivity index (χ1n) is 3.53. The van der Waals surface area contributed by atoms with Crippen molar-refractivity contribution < 1.29 is 4.39 Å². The van der Waals surface area contributed by atoms with E-state index in [2.05, 4.69) is 5.43 Å². The number of hydrazine groups is 1. The van der Waals surface area contributed by atoms with Crippen LogP contribution >= 0.6 is 0 Å². The maximum absolute atomic E-state index is 12.8. The average molecular weight is 154 g/mol. The van der Waals surface area contributed by atoms with Gasteiger partial charge < -0.3 is 5.43 Å². The lowest BCUT2D eigenvalue weighted by molar-refractivity contribution is 0.630. The zero-order valence-corrected chi connectivity index (χ0v) is 6.39. The normalized spacial score (nSPS) is 9.73. The second-order valence-electron chi connectivity index (χ2n) is 2.31. The number of nitrogen functional groups attached to an aromatic ring is 1. The summed E-state index contributed by atoms with van der Waals surface area (Å²) in [5.74, 6) is 4.77. The molecule has 0 heterocycles. The summed E-state index contributed by atoms with van der Waals surface area (Å²) in [6.45, 7) is 2.01. The van der Waals surface area contributed by atoms with Crippen molar-refractivity contribution in [3.05, 3.63) is 29.6 Å². The van der Waals surface area contributed by atoms with Crippen molar-refractivity contribution in [2.24, 2.45) is 5.84 Å². The first-order valence-corrected chi connectivity index (χ1v) is 3.53. The SMILES string of the molecule is CCc1ccc(F)c(NN)c1. The van der Waals surface area contributed by atoms with Crippen LogP contribution in [0.3, 0.4) is 0 Å². The zero-order valence-electron chi connectivity index (χ0n) is 6.39. The molecule has 0 aliphatic carbocycles. The summed E-state index contributed by atoms with van der Waals surface area (Å²) in [5, 5.41) is 0. The fraction of sp³-hybridized carbons (Fsp3) is 0.250. The third-order valence-corrected chi connectivity index (χ3v) is 1.59. The van der Waals surface area contributed by atoms with Crippen LogP contribution in [0.4, 0.5) is 10.1 Å². The lowest BCUT2D eigenvalue weighted by Gasteiger charge is -2.03. The molecule has 0 amide bonds. The van der Waals surface area contributed by atoms with Crippen LogP contribution in [0.15, 0.2) is 18.2 Å². The van der Waals surface area contributed by atoms with Gasteiger partial charge in [-0.3, -0.25) is 5.84 Å². The Hall–Kier alpha value is -1.09. The summed E-state index contributed by atoms with van der Waals surface area (Å²) in [6, 6.07) is 4.86. The molecule has 0 aromatic heterocycles. The second kappa shape index (κ2) is 3.34. The maximum Gasteiger partial charge on any atom is 0.147 e. The van der Waals surface area contributed by atoms with Gasteiger partial charge in [-0.25, -0.2) is 4.39 Å². The number of benzene rings is 1. The number of hydrogen-bond acceptors (Lipinski definition) is 2. The van der Waals surface area contributed by atoms with Crippen LogP contribution in [-0.2, 0) is 6.42 Å². The fourth-order valence-corrected chi connectivity index (χ4v) is 0.903. The van der Waals surface area contributed by atoms with Crippen LogP contribution in [0.2, 0.25) is 0 Å². The number of nitrogens with one attached hydrogen (secondary N) is 1. The lowest BCUT2D eigenvalue weighted by atomic mass is 10.1. The van der Waals surface area contributed by atoms with Crippen LogP contribution in [0.25, 0.3) is 0 Å². The van der Waals surface area contributed by atoms with E-state index in [-0.39, 0.29) is 5.82 Å². The molecule has 60 valence electrons. The average Bonchev–Trinajstić information content (AvgIpc) is 2.05. The summed E-state index contributed by atoms with van der Waals surface area (Å²) in [4.78, 5) is 0. The van der Waals surface area contributed by atoms with E-state index >= 15 is 0 Å². The van der Waals surface area contributed by atoms with E-state index < -0.39 is 0 Å². The van der Waals surface area contributed by atoms with E-state index in [1.54, 1.807) is 12.1 Å². The Kier molecular flexibility index (Phi) is 2.44. The molecule has 3 heteroatoms. The number of halogens is 1. The molecular weight excluding hydrogens is 143 g/mol. The maximum atomic E-state index is 12.8. The predicted molar refractivity (Wildman–Crippen MR) is 43.6 cm³/mol. The number of aryl methyl sites for hydroxylation is 1. The smallest absolute Gasteiger partial charge is 0.147 e. The molecular formula is C8H11FN2. The summed E-state index contributed by atoms with van der Waals surface area (Å²) in [6.07, 6.45) is 0.884. The minimum atomic E-state index is -0.315. The largest absolute Gasteiger partial charge is 0.321 e. The Morgan fingerprint density at radius 3 is 2.82 bits per heavy atom. The Morgan fingerprint density at radius 2 is 2.27 bits per heavy atom. The van der Waals surface area contributed by atoms with Crippen LogP contribution in [-0.4, -0.2) is 0 Å². The van der Waals surface area contributed by atoms with Crippen molar-refractivity contribution in [1.29, 1.82) is 0 Å². The van der Waals surface area contributed by atoms with Gasteiger partial charge in [0.2, 0.25) is 0 Å². The first-order chi connectivity index (χ1) is 5.27. The Balaban J connectivity index is 3.02. The van der Waals surface area contributed by atoms with Crippen molar-refractivity contribution in [3.8, 4) is 0 Å². The van der Waals surface area contributed by atoms with Gasteiger partial charge >= 0.3 is 0 Å². The van der Waals surface area contributed by atoms with Crippen molar-refractivity contribution in [3.63, 3.8) is 0 Å². The highest BCUT2D eigenvalue weighted by molar-refractivity contribution is 5.46. The summed E-state index contributed by atoms with van der Waals surface area (Å²) < 4.78 is 12.8. The van der Waals surface area contributed by atoms with Gasteiger partial charge in [-0.15, -0.1) is 0 Å². The van der Waals surface area contributed by atoms with E-state index in [4.69, 9.17) is 5.84 Å². The van der Waals surface area contributed by atoms with E-state index in [9.17, 15) is 4.39 Å². The highest BCUT2D eigenvalue weighted by atomic mass is 19.1. The molecule has 1 aromatic carbocycles. The van der Waals surface area contributed by atoms with Gasteiger partial charge in [-0.1, -0.05) is 13.0 Å². The number of anilines is 1. The fourth-order valence-electron chi connectivity index (χ4n) is 0.903. The monoisotopic (exact) mass is 154 g/mol. The third kappa shape index (κ3) is 1.68. The molecule has 0 atom stereocenters. The van der Waals surface area contributed by atoms with Crippen LogP contribution < -0.4 is 11.3 Å². The number of rotatable bonds is 2. The molecule has 11 heavy (non-hydrogen) atoms. The van der Waals surface area contributed by atoms with E-state index in [1.807, 2.05) is 6.92 Å². The lowest BCUT2D eigenvalue weighted by Crippen LogP contribution is -2.08. The van der Waals surface area contributed by atoms with Crippen LogP contribution in [0.5, 0.6) is 0 Å². The van der Waals surface area contributed by atoms with Crippen LogP contribution in [0.1, 0.15) is 12.5 Å². The Bertz CT molecular complexity index is 248. The van der Waals surface area contributed by atoms with Crippen molar-refractivity contribution in [2.45, 2.75) is 13.3 Å². The zero-order chi connectivity index (χ0) is 8.27. The molecule has 3 N–H and O–H groups in total. The van der Waals surface area contributed by atoms with E-state index in [0.717, 1.165) is 12.0 Å². The number of hydrogen-bond donors (Lipinski definition) is 2. The highest BCUT2D eigenvalue weighted by Crippen LogP contribution is 2.14. The molecule has 0 unspecified atom stereocenters. The van der Waals surface area contributed by atoms with Crippen molar-refractivity contribution in [2.75, 3.05) is 5.43 Å². The minimum Gasteiger partial charge on any atom is -0.321 e. The van der Waals surface area contributed by atoms with Crippen LogP contribution in [0, 0.1) is 5.82 Å². The first kappa shape index (κ1) is 8.01. The summed E-state index contributed by atoms with van der Waals surface area (Å²) >= 11 is 0. The molecule has 0 radical (unpaired) electrons. The third-order valence-electron chi connectivity index (χ3n) is 1.59. The second-order valence-corrected chi connectivity index (χ2v) is 2.31. The highest BCUT2D eigenvalue weighted by Gasteiger charge is 1.99. The van der Waals surface area contributed by atoms with Gasteiger partial charge in [-0.2, -0.15) is 0 Å². The molecule has 0 saturated carbocycles. The minimum absolute atomic E-state index is 0.315. The molecule has 0 bridgehead atoms. The van der Waals surface area contributed by atoms with Crippen molar-refractivity contribution >= 4 is 5.69 Å². The Labute approximate surface area is 65.2 Å². The summed E-state index contributed by atoms with van der Waals surface area (Å²) in [7, 11) is 0. The van der Waals surface area contributed by atoms with Gasteiger partial charge in [-0.05, 0) is 24.1 Å². The summed E-state index contributed by atoms with van der Waals surface area (Å²) in [5.41, 5.74) is 3.72. The Morgan fingerprint density at radius 1 is 1.55 bits per heavy atom. The van der Waals surface area contributed by atoms with E-state index in [1.165, 1.54) is 6.07 Å². The molecule has 0 fully saturated rings. The molecule has 2 nitrogen and oxygen atoms in total. The number of nitrogens with two attached hydrogens (primary N) is 1. The molecule has 0 saturated heterocycles. The molecule has 0 aliphatic rings. The van der Waals surface area contributed by atoms with Gasteiger partial charge in [0.25, 0.3) is 0 Å². The van der Waals surface area contributed by atoms with Crippen molar-refractivity contribution in [1.82, 2.24) is 0 Å². The van der Waals surface area contributed by atoms with Gasteiger partial charge in [0, 0.05) is 0 Å². The topological polar surface area (TPSA) is 38.0 Å². The standard InChI is InChI=1S/C8H11FN2/c1-2-6-3-4-7(9)8(5-6)11-10/h3-5,11H,2,10H2,1H3. The molecule has 1 aromatic rings.